The van der Waals surface area contributed by atoms with Crippen molar-refractivity contribution in [2.24, 2.45) is 0 Å². The SMILES string of the molecule is C.COC1(C(=O)N2CCNCC2)CCCCC1. The zero-order chi connectivity index (χ0) is 11.4. The molecule has 1 aliphatic heterocycles. The van der Waals surface area contributed by atoms with Crippen LogP contribution in [0.3, 0.4) is 0 Å². The van der Waals surface area contributed by atoms with Gasteiger partial charge in [-0.1, -0.05) is 26.7 Å². The lowest BCUT2D eigenvalue weighted by molar-refractivity contribution is -0.159. The van der Waals surface area contributed by atoms with Gasteiger partial charge in [-0.05, 0) is 12.8 Å². The number of carbonyl (C=O) groups excluding carboxylic acids is 1. The van der Waals surface area contributed by atoms with Gasteiger partial charge in [0.1, 0.15) is 5.60 Å². The molecule has 4 heteroatoms. The maximum absolute atomic E-state index is 12.5. The highest BCUT2D eigenvalue weighted by atomic mass is 16.5. The van der Waals surface area contributed by atoms with E-state index in [1.807, 2.05) is 4.90 Å². The Labute approximate surface area is 105 Å². The van der Waals surface area contributed by atoms with Gasteiger partial charge in [-0.3, -0.25) is 4.79 Å². The minimum atomic E-state index is -0.504. The maximum atomic E-state index is 12.5. The van der Waals surface area contributed by atoms with Crippen LogP contribution in [0, 0.1) is 0 Å². The first-order valence-electron chi connectivity index (χ1n) is 6.34. The van der Waals surface area contributed by atoms with Gasteiger partial charge in [0, 0.05) is 33.3 Å². The van der Waals surface area contributed by atoms with E-state index in [2.05, 4.69) is 5.32 Å². The highest BCUT2D eigenvalue weighted by molar-refractivity contribution is 5.85. The minimum absolute atomic E-state index is 0. The van der Waals surface area contributed by atoms with Crippen molar-refractivity contribution >= 4 is 5.91 Å². The van der Waals surface area contributed by atoms with Gasteiger partial charge in [0.2, 0.25) is 0 Å². The van der Waals surface area contributed by atoms with Crippen molar-refractivity contribution in [3.05, 3.63) is 0 Å². The van der Waals surface area contributed by atoms with E-state index in [1.165, 1.54) is 6.42 Å². The smallest absolute Gasteiger partial charge is 0.254 e. The van der Waals surface area contributed by atoms with Gasteiger partial charge in [-0.15, -0.1) is 0 Å². The average Bonchev–Trinajstić information content (AvgIpc) is 2.39. The standard InChI is InChI=1S/C12H22N2O2.CH4/c1-16-12(5-3-2-4-6-12)11(15)14-9-7-13-8-10-14;/h13H,2-10H2,1H3;1H4. The summed E-state index contributed by atoms with van der Waals surface area (Å²) in [5.41, 5.74) is -0.504. The Morgan fingerprint density at radius 3 is 2.29 bits per heavy atom. The lowest BCUT2D eigenvalue weighted by Crippen LogP contribution is -2.56. The molecule has 0 unspecified atom stereocenters. The monoisotopic (exact) mass is 242 g/mol. The van der Waals surface area contributed by atoms with Crippen molar-refractivity contribution in [2.45, 2.75) is 45.1 Å². The number of ether oxygens (including phenoxy) is 1. The van der Waals surface area contributed by atoms with Crippen LogP contribution in [-0.4, -0.2) is 49.7 Å². The van der Waals surface area contributed by atoms with Crippen molar-refractivity contribution in [1.29, 1.82) is 0 Å². The van der Waals surface area contributed by atoms with Crippen molar-refractivity contribution in [3.8, 4) is 0 Å². The molecule has 0 bridgehead atoms. The van der Waals surface area contributed by atoms with Crippen LogP contribution in [0.2, 0.25) is 0 Å². The van der Waals surface area contributed by atoms with Crippen LogP contribution in [0.1, 0.15) is 39.5 Å². The van der Waals surface area contributed by atoms with Crippen molar-refractivity contribution < 1.29 is 9.53 Å². The van der Waals surface area contributed by atoms with E-state index in [4.69, 9.17) is 4.74 Å². The second kappa shape index (κ2) is 6.36. The number of piperazine rings is 1. The molecule has 1 N–H and O–H groups in total. The Kier molecular flexibility index (Phi) is 5.40. The number of carbonyl (C=O) groups is 1. The molecule has 0 radical (unpaired) electrons. The normalized spacial score (nSPS) is 23.9. The Morgan fingerprint density at radius 2 is 1.76 bits per heavy atom. The van der Waals surface area contributed by atoms with Crippen LogP contribution in [0.15, 0.2) is 0 Å². The molecule has 1 amide bonds. The molecule has 1 aliphatic carbocycles. The fraction of sp³-hybridized carbons (Fsp3) is 0.923. The Bertz CT molecular complexity index is 244. The molecule has 2 aliphatic rings. The highest BCUT2D eigenvalue weighted by Gasteiger charge is 2.42. The summed E-state index contributed by atoms with van der Waals surface area (Å²) in [7, 11) is 1.69. The first kappa shape index (κ1) is 14.5. The molecule has 1 saturated heterocycles. The van der Waals surface area contributed by atoms with E-state index in [1.54, 1.807) is 7.11 Å². The fourth-order valence-corrected chi connectivity index (χ4v) is 2.78. The Hall–Kier alpha value is -0.610. The number of methoxy groups -OCH3 is 1. The molecule has 4 nitrogen and oxygen atoms in total. The van der Waals surface area contributed by atoms with Crippen LogP contribution in [0.4, 0.5) is 0 Å². The largest absolute Gasteiger partial charge is 0.368 e. The third-order valence-corrected chi connectivity index (χ3v) is 3.85. The van der Waals surface area contributed by atoms with Gasteiger partial charge < -0.3 is 15.0 Å². The molecule has 100 valence electrons. The summed E-state index contributed by atoms with van der Waals surface area (Å²) >= 11 is 0. The van der Waals surface area contributed by atoms with E-state index < -0.39 is 5.60 Å². The second-order valence-corrected chi connectivity index (χ2v) is 4.80. The van der Waals surface area contributed by atoms with Crippen LogP contribution in [0.25, 0.3) is 0 Å². The van der Waals surface area contributed by atoms with Gasteiger partial charge in [0.25, 0.3) is 5.91 Å². The van der Waals surface area contributed by atoms with Crippen molar-refractivity contribution in [1.82, 2.24) is 10.2 Å². The van der Waals surface area contributed by atoms with Gasteiger partial charge in [0.15, 0.2) is 0 Å². The van der Waals surface area contributed by atoms with E-state index in [0.29, 0.717) is 0 Å². The number of rotatable bonds is 2. The quantitative estimate of drug-likeness (QED) is 0.796. The number of amides is 1. The topological polar surface area (TPSA) is 41.6 Å². The molecule has 0 spiro atoms. The zero-order valence-electron chi connectivity index (χ0n) is 10.1. The Morgan fingerprint density at radius 1 is 1.18 bits per heavy atom. The van der Waals surface area contributed by atoms with Crippen LogP contribution < -0.4 is 5.32 Å². The summed E-state index contributed by atoms with van der Waals surface area (Å²) in [6.45, 7) is 3.46. The molecule has 2 rings (SSSR count). The summed E-state index contributed by atoms with van der Waals surface area (Å²) in [5.74, 6) is 0.219. The van der Waals surface area contributed by atoms with E-state index >= 15 is 0 Å². The summed E-state index contributed by atoms with van der Waals surface area (Å²) < 4.78 is 5.58. The van der Waals surface area contributed by atoms with Crippen molar-refractivity contribution in [3.63, 3.8) is 0 Å². The summed E-state index contributed by atoms with van der Waals surface area (Å²) in [4.78, 5) is 14.4. The predicted octanol–water partition coefficient (Wildman–Crippen LogP) is 1.40. The van der Waals surface area contributed by atoms with E-state index in [-0.39, 0.29) is 13.3 Å². The molecule has 0 aromatic carbocycles. The molecule has 2 fully saturated rings. The maximum Gasteiger partial charge on any atom is 0.254 e. The molecule has 0 atom stereocenters. The van der Waals surface area contributed by atoms with Crippen LogP contribution in [0.5, 0.6) is 0 Å². The number of hydrogen-bond acceptors (Lipinski definition) is 3. The van der Waals surface area contributed by atoms with E-state index in [0.717, 1.165) is 51.9 Å². The van der Waals surface area contributed by atoms with Crippen LogP contribution in [-0.2, 0) is 9.53 Å². The molecular formula is C13H26N2O2. The first-order valence-corrected chi connectivity index (χ1v) is 6.34. The predicted molar refractivity (Wildman–Crippen MR) is 69.0 cm³/mol. The molecule has 0 aromatic rings. The third-order valence-electron chi connectivity index (χ3n) is 3.85. The summed E-state index contributed by atoms with van der Waals surface area (Å²) in [6.07, 6.45) is 5.26. The van der Waals surface area contributed by atoms with E-state index in [9.17, 15) is 4.79 Å². The first-order chi connectivity index (χ1) is 7.78. The van der Waals surface area contributed by atoms with Crippen molar-refractivity contribution in [2.75, 3.05) is 33.3 Å². The zero-order valence-corrected chi connectivity index (χ0v) is 10.1. The molecule has 17 heavy (non-hydrogen) atoms. The molecular weight excluding hydrogens is 216 g/mol. The number of hydrogen-bond donors (Lipinski definition) is 1. The summed E-state index contributed by atoms with van der Waals surface area (Å²) in [5, 5.41) is 3.27. The molecule has 1 heterocycles. The minimum Gasteiger partial charge on any atom is -0.368 e. The molecule has 1 saturated carbocycles. The Balaban J connectivity index is 0.00000144. The summed E-state index contributed by atoms with van der Waals surface area (Å²) in [6, 6.07) is 0. The highest BCUT2D eigenvalue weighted by Crippen LogP contribution is 2.32. The fourth-order valence-electron chi connectivity index (χ4n) is 2.78. The average molecular weight is 242 g/mol. The lowest BCUT2D eigenvalue weighted by Gasteiger charge is -2.40. The number of nitrogens with one attached hydrogen (secondary N) is 1. The van der Waals surface area contributed by atoms with Gasteiger partial charge in [-0.2, -0.15) is 0 Å². The number of nitrogens with zero attached hydrogens (tertiary/aromatic N) is 1. The second-order valence-electron chi connectivity index (χ2n) is 4.80. The lowest BCUT2D eigenvalue weighted by atomic mass is 9.83. The van der Waals surface area contributed by atoms with Gasteiger partial charge in [-0.25, -0.2) is 0 Å². The van der Waals surface area contributed by atoms with Gasteiger partial charge >= 0.3 is 0 Å². The van der Waals surface area contributed by atoms with Crippen LogP contribution >= 0.6 is 0 Å². The third kappa shape index (κ3) is 2.99. The van der Waals surface area contributed by atoms with Gasteiger partial charge in [0.05, 0.1) is 0 Å². The molecule has 0 aromatic heterocycles.